The molecule has 4 atom stereocenters. The van der Waals surface area contributed by atoms with Gasteiger partial charge in [0.2, 0.25) is 11.8 Å². The summed E-state index contributed by atoms with van der Waals surface area (Å²) in [6.07, 6.45) is -0.0250. The Morgan fingerprint density at radius 3 is 2.44 bits per heavy atom. The van der Waals surface area contributed by atoms with Crippen LogP contribution in [0.25, 0.3) is 0 Å². The summed E-state index contributed by atoms with van der Waals surface area (Å²) in [5.74, 6) is -2.47. The van der Waals surface area contributed by atoms with Crippen molar-refractivity contribution in [3.63, 3.8) is 0 Å². The Hall–Kier alpha value is -2.78. The Kier molecular flexibility index (Phi) is 9.34. The van der Waals surface area contributed by atoms with Crippen molar-refractivity contribution in [3.8, 4) is 0 Å². The molecule has 0 radical (unpaired) electrons. The lowest BCUT2D eigenvalue weighted by molar-refractivity contribution is -0.158. The van der Waals surface area contributed by atoms with Crippen molar-refractivity contribution in [2.75, 3.05) is 13.2 Å². The van der Waals surface area contributed by atoms with Gasteiger partial charge in [-0.25, -0.2) is 4.79 Å². The van der Waals surface area contributed by atoms with Gasteiger partial charge in [-0.15, -0.1) is 0 Å². The first kappa shape index (κ1) is 25.5. The van der Waals surface area contributed by atoms with Crippen molar-refractivity contribution < 1.29 is 29.0 Å². The van der Waals surface area contributed by atoms with Crippen molar-refractivity contribution in [3.05, 3.63) is 35.9 Å². The van der Waals surface area contributed by atoms with Crippen LogP contribution in [0.1, 0.15) is 39.2 Å². The molecular weight excluding hydrogens is 414 g/mol. The maximum Gasteiger partial charge on any atom is 0.335 e. The average molecular weight is 448 g/mol. The summed E-state index contributed by atoms with van der Waals surface area (Å²) in [5, 5.41) is 12.3. The van der Waals surface area contributed by atoms with Crippen molar-refractivity contribution in [2.24, 2.45) is 11.7 Å². The van der Waals surface area contributed by atoms with Gasteiger partial charge in [0, 0.05) is 13.5 Å². The molecule has 1 aliphatic rings. The second kappa shape index (κ2) is 11.7. The number of nitrogens with zero attached hydrogens (tertiary/aromatic N) is 1. The molecule has 9 heteroatoms. The molecule has 0 saturated carbocycles. The lowest BCUT2D eigenvalue weighted by Crippen LogP contribution is -2.54. The predicted molar refractivity (Wildman–Crippen MR) is 118 cm³/mol. The summed E-state index contributed by atoms with van der Waals surface area (Å²) in [7, 11) is 0. The number of Topliss-reactive ketones (excluding diaryl/α,β-unsaturated/α-hetero) is 1. The number of benzene rings is 1. The normalized spacial score (nSPS) is 18.8. The van der Waals surface area contributed by atoms with Gasteiger partial charge in [0.25, 0.3) is 0 Å². The molecule has 0 aliphatic carbocycles. The van der Waals surface area contributed by atoms with Crippen LogP contribution < -0.4 is 11.1 Å². The molecule has 1 aromatic carbocycles. The highest BCUT2D eigenvalue weighted by molar-refractivity contribution is 5.90. The molecular formula is C23H33N3O6. The van der Waals surface area contributed by atoms with Crippen LogP contribution in [0.4, 0.5) is 0 Å². The number of amides is 2. The van der Waals surface area contributed by atoms with Crippen LogP contribution in [0, 0.1) is 5.92 Å². The number of nitrogens with two attached hydrogens (primary N) is 1. The van der Waals surface area contributed by atoms with E-state index in [4.69, 9.17) is 10.5 Å². The Morgan fingerprint density at radius 1 is 1.22 bits per heavy atom. The Labute approximate surface area is 188 Å². The Morgan fingerprint density at radius 2 is 1.88 bits per heavy atom. The second-order valence-electron chi connectivity index (χ2n) is 8.49. The zero-order valence-electron chi connectivity index (χ0n) is 18.8. The zero-order valence-corrected chi connectivity index (χ0v) is 18.8. The highest BCUT2D eigenvalue weighted by Gasteiger charge is 2.41. The van der Waals surface area contributed by atoms with E-state index in [1.54, 1.807) is 0 Å². The van der Waals surface area contributed by atoms with E-state index in [2.05, 4.69) is 5.32 Å². The van der Waals surface area contributed by atoms with E-state index in [0.29, 0.717) is 19.4 Å². The second-order valence-corrected chi connectivity index (χ2v) is 8.49. The number of ether oxygens (including phenoxy) is 1. The molecule has 1 aliphatic heterocycles. The van der Waals surface area contributed by atoms with Crippen LogP contribution >= 0.6 is 0 Å². The third kappa shape index (κ3) is 6.86. The number of carbonyl (C=O) groups excluding carboxylic acids is 3. The van der Waals surface area contributed by atoms with Crippen LogP contribution in [0.2, 0.25) is 0 Å². The molecule has 176 valence electrons. The molecule has 0 spiro atoms. The molecule has 0 aromatic heterocycles. The molecule has 1 saturated heterocycles. The minimum atomic E-state index is -1.36. The van der Waals surface area contributed by atoms with Crippen LogP contribution in [-0.2, 0) is 30.3 Å². The van der Waals surface area contributed by atoms with Gasteiger partial charge in [-0.1, -0.05) is 44.2 Å². The Balaban J connectivity index is 2.09. The van der Waals surface area contributed by atoms with Crippen molar-refractivity contribution in [1.82, 2.24) is 10.2 Å². The van der Waals surface area contributed by atoms with Gasteiger partial charge in [-0.3, -0.25) is 14.4 Å². The molecule has 1 aromatic rings. The molecule has 9 nitrogen and oxygen atoms in total. The zero-order chi connectivity index (χ0) is 23.8. The van der Waals surface area contributed by atoms with Crippen molar-refractivity contribution >= 4 is 23.6 Å². The number of likely N-dealkylation sites (tertiary alicyclic amines) is 1. The van der Waals surface area contributed by atoms with Gasteiger partial charge in [0.1, 0.15) is 6.61 Å². The fraction of sp³-hybridized carbons (Fsp3) is 0.565. The number of ketones is 1. The van der Waals surface area contributed by atoms with Gasteiger partial charge in [0.15, 0.2) is 11.9 Å². The standard InChI is InChI=1S/C23H33N3O6/c1-14(2)20(24)22(29)26-11-7-10-18(26)21(23(30)31)32-13-19(28)17(25-15(3)27)12-16-8-5-4-6-9-16/h4-6,8-9,14,17-18,20-21H,7,10-13,24H2,1-3H3,(H,25,27)(H,30,31). The van der Waals surface area contributed by atoms with Gasteiger partial charge < -0.3 is 25.8 Å². The molecule has 0 bridgehead atoms. The number of aliphatic carboxylic acids is 1. The molecule has 1 heterocycles. The lowest BCUT2D eigenvalue weighted by atomic mass is 10.0. The van der Waals surface area contributed by atoms with Crippen LogP contribution in [0.5, 0.6) is 0 Å². The lowest BCUT2D eigenvalue weighted by Gasteiger charge is -2.32. The fourth-order valence-electron chi connectivity index (χ4n) is 3.82. The van der Waals surface area contributed by atoms with Crippen LogP contribution in [0.15, 0.2) is 30.3 Å². The molecule has 4 unspecified atom stereocenters. The van der Waals surface area contributed by atoms with E-state index < -0.39 is 42.6 Å². The minimum absolute atomic E-state index is 0.0917. The molecule has 1 fully saturated rings. The third-order valence-corrected chi connectivity index (χ3v) is 5.63. The molecule has 2 amide bonds. The van der Waals surface area contributed by atoms with Crippen molar-refractivity contribution in [1.29, 1.82) is 0 Å². The number of carboxylic acid groups (broad SMARTS) is 1. The third-order valence-electron chi connectivity index (χ3n) is 5.63. The summed E-state index contributed by atoms with van der Waals surface area (Å²) < 4.78 is 5.54. The first-order chi connectivity index (χ1) is 15.1. The highest BCUT2D eigenvalue weighted by Crippen LogP contribution is 2.24. The maximum atomic E-state index is 12.8. The first-order valence-electron chi connectivity index (χ1n) is 10.9. The molecule has 32 heavy (non-hydrogen) atoms. The number of nitrogens with one attached hydrogen (secondary N) is 1. The van der Waals surface area contributed by atoms with Crippen LogP contribution in [0.3, 0.4) is 0 Å². The summed E-state index contributed by atoms with van der Waals surface area (Å²) in [5.41, 5.74) is 6.84. The van der Waals surface area contributed by atoms with Crippen LogP contribution in [-0.4, -0.2) is 71.0 Å². The van der Waals surface area contributed by atoms with E-state index >= 15 is 0 Å². The molecule has 4 N–H and O–H groups in total. The number of carboxylic acids is 1. The minimum Gasteiger partial charge on any atom is -0.479 e. The van der Waals surface area contributed by atoms with E-state index in [1.165, 1.54) is 11.8 Å². The summed E-state index contributed by atoms with van der Waals surface area (Å²) >= 11 is 0. The predicted octanol–water partition coefficient (Wildman–Crippen LogP) is 0.747. The SMILES string of the molecule is CC(=O)NC(Cc1ccccc1)C(=O)COC(C(=O)O)C1CCCN1C(=O)C(N)C(C)C. The summed E-state index contributed by atoms with van der Waals surface area (Å²) in [4.78, 5) is 50.5. The van der Waals surface area contributed by atoms with E-state index in [1.807, 2.05) is 44.2 Å². The Bertz CT molecular complexity index is 813. The summed E-state index contributed by atoms with van der Waals surface area (Å²) in [6.45, 7) is 4.86. The average Bonchev–Trinajstić information content (AvgIpc) is 3.21. The largest absolute Gasteiger partial charge is 0.479 e. The number of carbonyl (C=O) groups is 4. The van der Waals surface area contributed by atoms with E-state index in [-0.39, 0.29) is 24.2 Å². The van der Waals surface area contributed by atoms with E-state index in [9.17, 15) is 24.3 Å². The van der Waals surface area contributed by atoms with Gasteiger partial charge >= 0.3 is 5.97 Å². The molecule has 2 rings (SSSR count). The number of rotatable bonds is 11. The highest BCUT2D eigenvalue weighted by atomic mass is 16.5. The fourth-order valence-corrected chi connectivity index (χ4v) is 3.82. The van der Waals surface area contributed by atoms with Crippen molar-refractivity contribution in [2.45, 2.75) is 64.3 Å². The summed E-state index contributed by atoms with van der Waals surface area (Å²) in [6, 6.07) is 6.89. The van der Waals surface area contributed by atoms with Gasteiger partial charge in [-0.2, -0.15) is 0 Å². The first-order valence-corrected chi connectivity index (χ1v) is 10.9. The number of hydrogen-bond acceptors (Lipinski definition) is 6. The number of hydrogen-bond donors (Lipinski definition) is 3. The van der Waals surface area contributed by atoms with Gasteiger partial charge in [-0.05, 0) is 30.7 Å². The monoisotopic (exact) mass is 447 g/mol. The maximum absolute atomic E-state index is 12.8. The van der Waals surface area contributed by atoms with Gasteiger partial charge in [0.05, 0.1) is 18.1 Å². The topological polar surface area (TPSA) is 139 Å². The van der Waals surface area contributed by atoms with E-state index in [0.717, 1.165) is 5.56 Å². The quantitative estimate of drug-likeness (QED) is 0.455. The smallest absolute Gasteiger partial charge is 0.335 e.